The van der Waals surface area contributed by atoms with Crippen LogP contribution < -0.4 is 10.0 Å². The summed E-state index contributed by atoms with van der Waals surface area (Å²) in [6.07, 6.45) is 4.97. The maximum atomic E-state index is 13.0. The molecule has 2 aromatic carbocycles. The Labute approximate surface area is 196 Å². The number of hydrogen-bond donors (Lipinski definition) is 2. The Balaban J connectivity index is 1.67. The summed E-state index contributed by atoms with van der Waals surface area (Å²) in [5.74, 6) is -0.425. The molecule has 33 heavy (non-hydrogen) atoms. The summed E-state index contributed by atoms with van der Waals surface area (Å²) >= 11 is 0. The first-order valence-electron chi connectivity index (χ1n) is 11.0. The summed E-state index contributed by atoms with van der Waals surface area (Å²) in [4.78, 5) is 12.8. The monoisotopic (exact) mass is 493 g/mol. The Morgan fingerprint density at radius 1 is 0.879 bits per heavy atom. The lowest BCUT2D eigenvalue weighted by molar-refractivity contribution is 0.102. The third kappa shape index (κ3) is 6.20. The van der Waals surface area contributed by atoms with Crippen molar-refractivity contribution in [2.24, 2.45) is 0 Å². The van der Waals surface area contributed by atoms with Crippen LogP contribution in [0.3, 0.4) is 0 Å². The molecule has 0 aliphatic heterocycles. The van der Waals surface area contributed by atoms with Gasteiger partial charge in [-0.1, -0.05) is 19.3 Å². The van der Waals surface area contributed by atoms with Crippen molar-refractivity contribution in [1.29, 1.82) is 0 Å². The third-order valence-corrected chi connectivity index (χ3v) is 9.29. The van der Waals surface area contributed by atoms with E-state index in [9.17, 15) is 21.6 Å². The molecule has 0 radical (unpaired) electrons. The van der Waals surface area contributed by atoms with Crippen LogP contribution >= 0.6 is 0 Å². The van der Waals surface area contributed by atoms with E-state index < -0.39 is 26.0 Å². The summed E-state index contributed by atoms with van der Waals surface area (Å²) < 4.78 is 54.3. The average Bonchev–Trinajstić information content (AvgIpc) is 2.78. The second-order valence-corrected chi connectivity index (χ2v) is 12.3. The first kappa shape index (κ1) is 25.4. The van der Waals surface area contributed by atoms with Crippen molar-refractivity contribution in [3.63, 3.8) is 0 Å². The van der Waals surface area contributed by atoms with E-state index in [4.69, 9.17) is 0 Å². The van der Waals surface area contributed by atoms with Gasteiger partial charge >= 0.3 is 0 Å². The predicted molar refractivity (Wildman–Crippen MR) is 128 cm³/mol. The Bertz CT molecular complexity index is 1170. The van der Waals surface area contributed by atoms with Crippen LogP contribution in [0.4, 0.5) is 5.69 Å². The first-order chi connectivity index (χ1) is 15.5. The van der Waals surface area contributed by atoms with E-state index in [1.165, 1.54) is 40.7 Å². The largest absolute Gasteiger partial charge is 0.322 e. The van der Waals surface area contributed by atoms with Crippen LogP contribution in [-0.4, -0.2) is 46.2 Å². The van der Waals surface area contributed by atoms with Gasteiger partial charge in [0.2, 0.25) is 20.0 Å². The van der Waals surface area contributed by atoms with Crippen LogP contribution in [0.2, 0.25) is 0 Å². The fraction of sp³-hybridized carbons (Fsp3) is 0.435. The van der Waals surface area contributed by atoms with Gasteiger partial charge in [-0.25, -0.2) is 21.6 Å². The minimum atomic E-state index is -3.64. The molecule has 0 saturated heterocycles. The standard InChI is InChI=1S/C23H31N3O5S2/c1-17(2)25-32(28,29)21-13-9-18(10-14-21)23(27)24-19-11-15-22(16-12-19)33(30,31)26(3)20-7-5-4-6-8-20/h9-17,20,25H,4-8H2,1-3H3,(H,24,27). The highest BCUT2D eigenvalue weighted by molar-refractivity contribution is 7.89. The molecule has 2 aromatic rings. The smallest absolute Gasteiger partial charge is 0.255 e. The molecule has 3 rings (SSSR count). The van der Waals surface area contributed by atoms with E-state index >= 15 is 0 Å². The van der Waals surface area contributed by atoms with Crippen molar-refractivity contribution in [3.05, 3.63) is 54.1 Å². The predicted octanol–water partition coefficient (Wildman–Crippen LogP) is 3.58. The van der Waals surface area contributed by atoms with Gasteiger partial charge in [0.15, 0.2) is 0 Å². The lowest BCUT2D eigenvalue weighted by atomic mass is 9.96. The molecule has 2 N–H and O–H groups in total. The maximum Gasteiger partial charge on any atom is 0.255 e. The Kier molecular flexibility index (Phi) is 7.94. The highest BCUT2D eigenvalue weighted by atomic mass is 32.2. The molecule has 1 aliphatic rings. The SMILES string of the molecule is CC(C)NS(=O)(=O)c1ccc(C(=O)Nc2ccc(S(=O)(=O)N(C)C3CCCCC3)cc2)cc1. The number of nitrogens with one attached hydrogen (secondary N) is 2. The number of rotatable bonds is 8. The van der Waals surface area contributed by atoms with Crippen molar-refractivity contribution in [2.45, 2.75) is 67.8 Å². The molecule has 0 aromatic heterocycles. The number of sulfonamides is 2. The summed E-state index contributed by atoms with van der Waals surface area (Å²) in [6.45, 7) is 3.45. The van der Waals surface area contributed by atoms with Gasteiger partial charge in [0.1, 0.15) is 0 Å². The van der Waals surface area contributed by atoms with Gasteiger partial charge in [0.25, 0.3) is 5.91 Å². The number of carbonyl (C=O) groups is 1. The molecular formula is C23H31N3O5S2. The van der Waals surface area contributed by atoms with Crippen LogP contribution in [0.15, 0.2) is 58.3 Å². The van der Waals surface area contributed by atoms with E-state index in [1.54, 1.807) is 33.0 Å². The summed E-state index contributed by atoms with van der Waals surface area (Å²) in [6, 6.07) is 11.4. The Morgan fingerprint density at radius 3 is 1.97 bits per heavy atom. The summed E-state index contributed by atoms with van der Waals surface area (Å²) in [7, 11) is -5.62. The van der Waals surface area contributed by atoms with Crippen LogP contribution in [0, 0.1) is 0 Å². The van der Waals surface area contributed by atoms with Crippen molar-refractivity contribution in [1.82, 2.24) is 9.03 Å². The third-order valence-electron chi connectivity index (χ3n) is 5.70. The fourth-order valence-corrected chi connectivity index (χ4v) is 6.55. The fourth-order valence-electron chi connectivity index (χ4n) is 3.88. The second-order valence-electron chi connectivity index (χ2n) is 8.59. The van der Waals surface area contributed by atoms with Crippen LogP contribution in [0.5, 0.6) is 0 Å². The number of anilines is 1. The van der Waals surface area contributed by atoms with Crippen LogP contribution in [0.1, 0.15) is 56.3 Å². The number of benzene rings is 2. The number of carbonyl (C=O) groups excluding carboxylic acids is 1. The molecule has 1 saturated carbocycles. The van der Waals surface area contributed by atoms with Crippen molar-refractivity contribution in [3.8, 4) is 0 Å². The van der Waals surface area contributed by atoms with Gasteiger partial charge in [0, 0.05) is 30.4 Å². The number of nitrogens with zero attached hydrogens (tertiary/aromatic N) is 1. The Hall–Kier alpha value is -2.27. The number of hydrogen-bond acceptors (Lipinski definition) is 5. The molecule has 0 atom stereocenters. The van der Waals surface area contributed by atoms with E-state index in [0.29, 0.717) is 5.69 Å². The van der Waals surface area contributed by atoms with Crippen LogP contribution in [0.25, 0.3) is 0 Å². The first-order valence-corrected chi connectivity index (χ1v) is 13.9. The molecule has 180 valence electrons. The summed E-state index contributed by atoms with van der Waals surface area (Å²) in [5, 5.41) is 2.71. The Morgan fingerprint density at radius 2 is 1.42 bits per heavy atom. The van der Waals surface area contributed by atoms with Gasteiger partial charge in [-0.3, -0.25) is 4.79 Å². The summed E-state index contributed by atoms with van der Waals surface area (Å²) in [5.41, 5.74) is 0.727. The van der Waals surface area contributed by atoms with Gasteiger partial charge in [-0.2, -0.15) is 4.31 Å². The lowest BCUT2D eigenvalue weighted by Gasteiger charge is -2.30. The molecule has 8 nitrogen and oxygen atoms in total. The molecule has 0 unspecified atom stereocenters. The van der Waals surface area contributed by atoms with Crippen molar-refractivity contribution < 1.29 is 21.6 Å². The molecule has 1 fully saturated rings. The van der Waals surface area contributed by atoms with Crippen LogP contribution in [-0.2, 0) is 20.0 Å². The van der Waals surface area contributed by atoms with E-state index in [1.807, 2.05) is 0 Å². The maximum absolute atomic E-state index is 13.0. The molecule has 0 bridgehead atoms. The molecule has 0 heterocycles. The highest BCUT2D eigenvalue weighted by Crippen LogP contribution is 2.27. The second kappa shape index (κ2) is 10.3. The van der Waals surface area contributed by atoms with Gasteiger partial charge < -0.3 is 5.32 Å². The topological polar surface area (TPSA) is 113 Å². The van der Waals surface area contributed by atoms with Crippen molar-refractivity contribution in [2.75, 3.05) is 12.4 Å². The van der Waals surface area contributed by atoms with Gasteiger partial charge in [-0.15, -0.1) is 0 Å². The number of amides is 1. The average molecular weight is 494 g/mol. The van der Waals surface area contributed by atoms with Gasteiger partial charge in [-0.05, 0) is 75.2 Å². The molecule has 10 heteroatoms. The molecular weight excluding hydrogens is 462 g/mol. The van der Waals surface area contributed by atoms with E-state index in [-0.39, 0.29) is 27.4 Å². The van der Waals surface area contributed by atoms with E-state index in [2.05, 4.69) is 10.0 Å². The zero-order chi connectivity index (χ0) is 24.2. The molecule has 1 aliphatic carbocycles. The highest BCUT2D eigenvalue weighted by Gasteiger charge is 2.29. The zero-order valence-electron chi connectivity index (χ0n) is 19.1. The molecule has 0 spiro atoms. The minimum Gasteiger partial charge on any atom is -0.322 e. The lowest BCUT2D eigenvalue weighted by Crippen LogP contribution is -2.38. The van der Waals surface area contributed by atoms with Gasteiger partial charge in [0.05, 0.1) is 9.79 Å². The zero-order valence-corrected chi connectivity index (χ0v) is 20.7. The normalized spacial score (nSPS) is 15.7. The molecule has 1 amide bonds. The van der Waals surface area contributed by atoms with Crippen molar-refractivity contribution >= 4 is 31.6 Å². The minimum absolute atomic E-state index is 0.0191. The quantitative estimate of drug-likeness (QED) is 0.584. The van der Waals surface area contributed by atoms with E-state index in [0.717, 1.165) is 32.1 Å².